The second-order valence-electron chi connectivity index (χ2n) is 7.10. The summed E-state index contributed by atoms with van der Waals surface area (Å²) in [6.45, 7) is 6.35. The van der Waals surface area contributed by atoms with Crippen LogP contribution in [0.25, 0.3) is 11.1 Å². The van der Waals surface area contributed by atoms with Gasteiger partial charge in [0.05, 0.1) is 36.6 Å². The Bertz CT molecular complexity index is 1170. The van der Waals surface area contributed by atoms with Crippen LogP contribution in [0.3, 0.4) is 0 Å². The zero-order valence-electron chi connectivity index (χ0n) is 17.0. The van der Waals surface area contributed by atoms with Gasteiger partial charge >= 0.3 is 0 Å². The smallest absolute Gasteiger partial charge is 0.281 e. The lowest BCUT2D eigenvalue weighted by atomic mass is 10.0. The highest BCUT2D eigenvalue weighted by atomic mass is 32.2. The maximum Gasteiger partial charge on any atom is 0.281 e. The zero-order valence-corrected chi connectivity index (χ0v) is 17.8. The predicted molar refractivity (Wildman–Crippen MR) is 112 cm³/mol. The van der Waals surface area contributed by atoms with E-state index in [0.717, 1.165) is 35.7 Å². The first-order chi connectivity index (χ1) is 14.3. The minimum absolute atomic E-state index is 0.0527. The lowest BCUT2D eigenvalue weighted by Gasteiger charge is -2.29. The van der Waals surface area contributed by atoms with E-state index in [1.54, 1.807) is 30.8 Å². The van der Waals surface area contributed by atoms with Gasteiger partial charge in [0.2, 0.25) is 0 Å². The van der Waals surface area contributed by atoms with Gasteiger partial charge in [0, 0.05) is 43.7 Å². The van der Waals surface area contributed by atoms with E-state index in [1.807, 2.05) is 6.92 Å². The van der Waals surface area contributed by atoms with Gasteiger partial charge in [-0.25, -0.2) is 15.0 Å². The molecule has 10 nitrogen and oxygen atoms in total. The quantitative estimate of drug-likeness (QED) is 0.649. The number of aromatic nitrogens is 5. The summed E-state index contributed by atoms with van der Waals surface area (Å²) in [5, 5.41) is -0.0527. The molecule has 11 heteroatoms. The van der Waals surface area contributed by atoms with E-state index in [9.17, 15) is 8.42 Å². The molecule has 1 aliphatic heterocycles. The first-order valence-electron chi connectivity index (χ1n) is 9.47. The van der Waals surface area contributed by atoms with Crippen LogP contribution in [0.1, 0.15) is 11.4 Å². The Hall–Kier alpha value is -3.05. The van der Waals surface area contributed by atoms with Gasteiger partial charge in [0.15, 0.2) is 5.03 Å². The SMILES string of the molecule is Cc1ncc(-c2c(C)ncnc2N2CCOCC2)cc1NS(=O)(=O)c1cn(C)cn1. The molecule has 4 heterocycles. The molecule has 0 bridgehead atoms. The van der Waals surface area contributed by atoms with Gasteiger partial charge < -0.3 is 14.2 Å². The third-order valence-corrected chi connectivity index (χ3v) is 6.15. The Morgan fingerprint density at radius 1 is 1.07 bits per heavy atom. The maximum atomic E-state index is 12.7. The number of aryl methyl sites for hydroxylation is 3. The summed E-state index contributed by atoms with van der Waals surface area (Å²) in [6, 6.07) is 1.76. The summed E-state index contributed by atoms with van der Waals surface area (Å²) in [5.41, 5.74) is 3.29. The highest BCUT2D eigenvalue weighted by Crippen LogP contribution is 2.33. The molecule has 4 rings (SSSR count). The van der Waals surface area contributed by atoms with Crippen molar-refractivity contribution < 1.29 is 13.2 Å². The van der Waals surface area contributed by atoms with Crippen LogP contribution in [-0.4, -0.2) is 59.2 Å². The number of morpholine rings is 1. The molecule has 1 aliphatic rings. The van der Waals surface area contributed by atoms with Crippen molar-refractivity contribution in [3.63, 3.8) is 0 Å². The number of imidazole rings is 1. The molecule has 0 spiro atoms. The second kappa shape index (κ2) is 8.00. The molecule has 30 heavy (non-hydrogen) atoms. The summed E-state index contributed by atoms with van der Waals surface area (Å²) in [7, 11) is -2.12. The van der Waals surface area contributed by atoms with Crippen molar-refractivity contribution in [2.75, 3.05) is 35.9 Å². The fraction of sp³-hybridized carbons (Fsp3) is 0.368. The van der Waals surface area contributed by atoms with Gasteiger partial charge in [-0.15, -0.1) is 0 Å². The Morgan fingerprint density at radius 3 is 2.53 bits per heavy atom. The monoisotopic (exact) mass is 429 g/mol. The molecule has 0 aliphatic carbocycles. The Morgan fingerprint density at radius 2 is 1.83 bits per heavy atom. The van der Waals surface area contributed by atoms with E-state index >= 15 is 0 Å². The molecule has 0 amide bonds. The fourth-order valence-corrected chi connectivity index (χ4v) is 4.40. The molecule has 1 saturated heterocycles. The Balaban J connectivity index is 1.74. The number of hydrogen-bond donors (Lipinski definition) is 1. The van der Waals surface area contributed by atoms with Crippen molar-refractivity contribution in [1.29, 1.82) is 0 Å². The minimum Gasteiger partial charge on any atom is -0.378 e. The van der Waals surface area contributed by atoms with Gasteiger partial charge in [-0.2, -0.15) is 8.42 Å². The van der Waals surface area contributed by atoms with Gasteiger partial charge in [-0.1, -0.05) is 0 Å². The maximum absolute atomic E-state index is 12.7. The molecule has 3 aromatic rings. The lowest BCUT2D eigenvalue weighted by Crippen LogP contribution is -2.37. The first-order valence-corrected chi connectivity index (χ1v) is 11.0. The van der Waals surface area contributed by atoms with Crippen LogP contribution in [-0.2, 0) is 21.8 Å². The summed E-state index contributed by atoms with van der Waals surface area (Å²) in [5.74, 6) is 0.787. The van der Waals surface area contributed by atoms with Crippen molar-refractivity contribution in [3.05, 3.63) is 42.5 Å². The number of nitrogens with zero attached hydrogens (tertiary/aromatic N) is 6. The average Bonchev–Trinajstić information content (AvgIpc) is 3.18. The van der Waals surface area contributed by atoms with E-state index < -0.39 is 10.0 Å². The summed E-state index contributed by atoms with van der Waals surface area (Å²) < 4.78 is 35.1. The predicted octanol–water partition coefficient (Wildman–Crippen LogP) is 1.53. The number of ether oxygens (including phenoxy) is 1. The molecule has 0 aromatic carbocycles. The van der Waals surface area contributed by atoms with Crippen molar-refractivity contribution >= 4 is 21.5 Å². The molecule has 0 unspecified atom stereocenters. The third kappa shape index (κ3) is 3.98. The van der Waals surface area contributed by atoms with Gasteiger partial charge in [-0.05, 0) is 19.9 Å². The molecule has 1 fully saturated rings. The average molecular weight is 430 g/mol. The summed E-state index contributed by atoms with van der Waals surface area (Å²) >= 11 is 0. The lowest BCUT2D eigenvalue weighted by molar-refractivity contribution is 0.122. The van der Waals surface area contributed by atoms with Crippen molar-refractivity contribution in [3.8, 4) is 11.1 Å². The Kier molecular flexibility index (Phi) is 5.39. The number of hydrogen-bond acceptors (Lipinski definition) is 8. The van der Waals surface area contributed by atoms with Crippen molar-refractivity contribution in [2.45, 2.75) is 18.9 Å². The number of rotatable bonds is 5. The van der Waals surface area contributed by atoms with E-state index in [-0.39, 0.29) is 5.03 Å². The highest BCUT2D eigenvalue weighted by molar-refractivity contribution is 7.92. The molecule has 1 N–H and O–H groups in total. The molecule has 0 atom stereocenters. The number of pyridine rings is 1. The van der Waals surface area contributed by atoms with Gasteiger partial charge in [-0.3, -0.25) is 9.71 Å². The summed E-state index contributed by atoms with van der Waals surface area (Å²) in [6.07, 6.45) is 6.13. The molecular weight excluding hydrogens is 406 g/mol. The topological polar surface area (TPSA) is 115 Å². The van der Waals surface area contributed by atoms with Crippen LogP contribution >= 0.6 is 0 Å². The normalized spacial score (nSPS) is 14.7. The van der Waals surface area contributed by atoms with Crippen LogP contribution < -0.4 is 9.62 Å². The molecule has 158 valence electrons. The standard InChI is InChI=1S/C19H23N7O3S/c1-13-16(24-30(27,28)17-10-25(3)12-23-17)8-15(9-20-13)18-14(2)21-11-22-19(18)26-4-6-29-7-5-26/h8-12,24H,4-7H2,1-3H3. The number of nitrogens with one attached hydrogen (secondary N) is 1. The van der Waals surface area contributed by atoms with Crippen LogP contribution in [0.2, 0.25) is 0 Å². The van der Waals surface area contributed by atoms with Gasteiger partial charge in [0.25, 0.3) is 10.0 Å². The van der Waals surface area contributed by atoms with Gasteiger partial charge in [0.1, 0.15) is 12.1 Å². The second-order valence-corrected chi connectivity index (χ2v) is 8.73. The van der Waals surface area contributed by atoms with E-state index in [4.69, 9.17) is 4.74 Å². The van der Waals surface area contributed by atoms with Crippen LogP contribution in [0.4, 0.5) is 11.5 Å². The van der Waals surface area contributed by atoms with Crippen molar-refractivity contribution in [2.24, 2.45) is 7.05 Å². The van der Waals surface area contributed by atoms with Crippen LogP contribution in [0.15, 0.2) is 36.1 Å². The Labute approximate surface area is 175 Å². The molecule has 0 saturated carbocycles. The van der Waals surface area contributed by atoms with E-state index in [0.29, 0.717) is 24.6 Å². The van der Waals surface area contributed by atoms with Crippen LogP contribution in [0.5, 0.6) is 0 Å². The summed E-state index contributed by atoms with van der Waals surface area (Å²) in [4.78, 5) is 19.3. The molecule has 3 aromatic heterocycles. The largest absolute Gasteiger partial charge is 0.378 e. The third-order valence-electron chi connectivity index (χ3n) is 4.90. The fourth-order valence-electron chi connectivity index (χ4n) is 3.31. The highest BCUT2D eigenvalue weighted by Gasteiger charge is 2.22. The van der Waals surface area contributed by atoms with Crippen molar-refractivity contribution in [1.82, 2.24) is 24.5 Å². The van der Waals surface area contributed by atoms with E-state index in [1.165, 1.54) is 18.9 Å². The first kappa shape index (κ1) is 20.2. The molecular formula is C19H23N7O3S. The minimum atomic E-state index is -3.83. The molecule has 0 radical (unpaired) electrons. The number of anilines is 2. The number of sulfonamides is 1. The van der Waals surface area contributed by atoms with E-state index in [2.05, 4.69) is 29.6 Å². The van der Waals surface area contributed by atoms with Crippen LogP contribution in [0, 0.1) is 13.8 Å². The zero-order chi connectivity index (χ0) is 21.3.